The van der Waals surface area contributed by atoms with Gasteiger partial charge < -0.3 is 9.67 Å². The molecule has 0 saturated heterocycles. The molecule has 2 rings (SSSR count). The lowest BCUT2D eigenvalue weighted by Gasteiger charge is -2.02. The zero-order chi connectivity index (χ0) is 13.3. The van der Waals surface area contributed by atoms with Crippen LogP contribution >= 0.6 is 0 Å². The zero-order valence-corrected chi connectivity index (χ0v) is 10.7. The van der Waals surface area contributed by atoms with Crippen molar-refractivity contribution in [3.8, 4) is 0 Å². The van der Waals surface area contributed by atoms with Gasteiger partial charge in [0, 0.05) is 30.1 Å². The van der Waals surface area contributed by atoms with Gasteiger partial charge in [0.05, 0.1) is 0 Å². The lowest BCUT2D eigenvalue weighted by atomic mass is 10.0. The second-order valence-electron chi connectivity index (χ2n) is 4.46. The molecule has 0 radical (unpaired) electrons. The highest BCUT2D eigenvalue weighted by Crippen LogP contribution is 2.29. The second kappa shape index (κ2) is 4.69. The maximum absolute atomic E-state index is 10.8. The number of hydrogen-bond donors (Lipinski definition) is 1. The van der Waals surface area contributed by atoms with Gasteiger partial charge >= 0.3 is 5.97 Å². The zero-order valence-electron chi connectivity index (χ0n) is 10.7. The van der Waals surface area contributed by atoms with E-state index in [4.69, 9.17) is 5.11 Å². The summed E-state index contributed by atoms with van der Waals surface area (Å²) in [7, 11) is 2.01. The summed E-state index contributed by atoms with van der Waals surface area (Å²) < 4.78 is 2.11. The van der Waals surface area contributed by atoms with Gasteiger partial charge in [-0.25, -0.2) is 0 Å². The maximum atomic E-state index is 10.8. The van der Waals surface area contributed by atoms with Crippen molar-refractivity contribution in [1.29, 1.82) is 0 Å². The molecule has 94 valence electrons. The van der Waals surface area contributed by atoms with Gasteiger partial charge in [-0.15, -0.1) is 0 Å². The molecule has 0 atom stereocenters. The van der Waals surface area contributed by atoms with Crippen LogP contribution in [0.25, 0.3) is 17.0 Å². The van der Waals surface area contributed by atoms with Crippen LogP contribution in [-0.4, -0.2) is 15.6 Å². The smallest absolute Gasteiger partial charge is 0.303 e. The molecule has 0 aliphatic carbocycles. The van der Waals surface area contributed by atoms with E-state index < -0.39 is 5.97 Å². The van der Waals surface area contributed by atoms with Crippen molar-refractivity contribution in [3.05, 3.63) is 41.6 Å². The van der Waals surface area contributed by atoms with Gasteiger partial charge in [-0.1, -0.05) is 24.8 Å². The molecule has 0 amide bonds. The summed E-state index contributed by atoms with van der Waals surface area (Å²) in [5.41, 5.74) is 4.44. The van der Waals surface area contributed by atoms with Crippen LogP contribution in [-0.2, 0) is 18.3 Å². The van der Waals surface area contributed by atoms with E-state index >= 15 is 0 Å². The SMILES string of the molecule is C=Cc1cccc2c1c(CCC(=O)O)c(C)n2C. The predicted molar refractivity (Wildman–Crippen MR) is 73.7 cm³/mol. The lowest BCUT2D eigenvalue weighted by molar-refractivity contribution is -0.136. The third-order valence-corrected chi connectivity index (χ3v) is 3.49. The molecule has 3 heteroatoms. The molecular formula is C15H17NO2. The molecule has 18 heavy (non-hydrogen) atoms. The van der Waals surface area contributed by atoms with E-state index in [1.165, 1.54) is 0 Å². The average Bonchev–Trinajstić information content (AvgIpc) is 2.60. The number of carboxylic acid groups (broad SMARTS) is 1. The first-order chi connectivity index (χ1) is 8.56. The van der Waals surface area contributed by atoms with Crippen molar-refractivity contribution in [3.63, 3.8) is 0 Å². The summed E-state index contributed by atoms with van der Waals surface area (Å²) in [5.74, 6) is -0.762. The molecule has 3 nitrogen and oxygen atoms in total. The molecule has 2 aromatic rings. The molecule has 1 aromatic carbocycles. The molecule has 0 saturated carbocycles. The van der Waals surface area contributed by atoms with Gasteiger partial charge in [0.2, 0.25) is 0 Å². The number of aromatic nitrogens is 1. The summed E-state index contributed by atoms with van der Waals surface area (Å²) in [5, 5.41) is 9.98. The quantitative estimate of drug-likeness (QED) is 0.896. The number of carboxylic acids is 1. The fraction of sp³-hybridized carbons (Fsp3) is 0.267. The van der Waals surface area contributed by atoms with Crippen LogP contribution in [0.15, 0.2) is 24.8 Å². The lowest BCUT2D eigenvalue weighted by Crippen LogP contribution is -1.99. The maximum Gasteiger partial charge on any atom is 0.303 e. The summed E-state index contributed by atoms with van der Waals surface area (Å²) >= 11 is 0. The largest absolute Gasteiger partial charge is 0.481 e. The summed E-state index contributed by atoms with van der Waals surface area (Å²) in [4.78, 5) is 10.8. The van der Waals surface area contributed by atoms with Crippen molar-refractivity contribution in [2.75, 3.05) is 0 Å². The van der Waals surface area contributed by atoms with Crippen molar-refractivity contribution >= 4 is 22.9 Å². The second-order valence-corrected chi connectivity index (χ2v) is 4.46. The van der Waals surface area contributed by atoms with Crippen LogP contribution < -0.4 is 0 Å². The Morgan fingerprint density at radius 3 is 2.83 bits per heavy atom. The predicted octanol–water partition coefficient (Wildman–Crippen LogP) is 3.15. The highest BCUT2D eigenvalue weighted by molar-refractivity contribution is 5.93. The van der Waals surface area contributed by atoms with E-state index in [1.54, 1.807) is 0 Å². The molecule has 0 aliphatic rings. The van der Waals surface area contributed by atoms with Crippen molar-refractivity contribution in [2.24, 2.45) is 7.05 Å². The van der Waals surface area contributed by atoms with E-state index in [9.17, 15) is 4.79 Å². The number of nitrogens with zero attached hydrogens (tertiary/aromatic N) is 1. The van der Waals surface area contributed by atoms with E-state index in [1.807, 2.05) is 32.2 Å². The fourth-order valence-electron chi connectivity index (χ4n) is 2.44. The van der Waals surface area contributed by atoms with E-state index in [0.29, 0.717) is 6.42 Å². The Bertz CT molecular complexity index is 623. The number of carbonyl (C=O) groups is 1. The molecule has 1 N–H and O–H groups in total. The van der Waals surface area contributed by atoms with Crippen LogP contribution in [0.4, 0.5) is 0 Å². The first-order valence-corrected chi connectivity index (χ1v) is 5.97. The molecule has 0 spiro atoms. The summed E-state index contributed by atoms with van der Waals surface area (Å²) in [6.45, 7) is 5.86. The Labute approximate surface area is 106 Å². The number of hydrogen-bond acceptors (Lipinski definition) is 1. The fourth-order valence-corrected chi connectivity index (χ4v) is 2.44. The Balaban J connectivity index is 2.66. The van der Waals surface area contributed by atoms with Gasteiger partial charge in [0.25, 0.3) is 0 Å². The highest BCUT2D eigenvalue weighted by Gasteiger charge is 2.14. The Morgan fingerprint density at radius 2 is 2.22 bits per heavy atom. The van der Waals surface area contributed by atoms with Gasteiger partial charge in [-0.2, -0.15) is 0 Å². The number of fused-ring (bicyclic) bond motifs is 1. The minimum absolute atomic E-state index is 0.158. The van der Waals surface area contributed by atoms with Gasteiger partial charge in [0.1, 0.15) is 0 Å². The van der Waals surface area contributed by atoms with Crippen LogP contribution in [0, 0.1) is 6.92 Å². The van der Waals surface area contributed by atoms with Gasteiger partial charge in [-0.3, -0.25) is 4.79 Å². The normalized spacial score (nSPS) is 10.8. The standard InChI is InChI=1S/C15H17NO2/c1-4-11-6-5-7-13-15(11)12(8-9-14(17)18)10(2)16(13)3/h4-7H,1,8-9H2,2-3H3,(H,17,18). The minimum atomic E-state index is -0.762. The average molecular weight is 243 g/mol. The number of benzene rings is 1. The summed E-state index contributed by atoms with van der Waals surface area (Å²) in [6.07, 6.45) is 2.54. The monoisotopic (exact) mass is 243 g/mol. The molecular weight excluding hydrogens is 226 g/mol. The van der Waals surface area contributed by atoms with Crippen LogP contribution in [0.1, 0.15) is 23.2 Å². The number of rotatable bonds is 4. The third kappa shape index (κ3) is 1.92. The van der Waals surface area contributed by atoms with Crippen LogP contribution in [0.2, 0.25) is 0 Å². The first kappa shape index (κ1) is 12.4. The molecule has 0 bridgehead atoms. The molecule has 1 aromatic heterocycles. The Hall–Kier alpha value is -2.03. The van der Waals surface area contributed by atoms with Crippen LogP contribution in [0.5, 0.6) is 0 Å². The van der Waals surface area contributed by atoms with Gasteiger partial charge in [-0.05, 0) is 30.5 Å². The molecule has 1 heterocycles. The van der Waals surface area contributed by atoms with Crippen molar-refractivity contribution in [1.82, 2.24) is 4.57 Å². The topological polar surface area (TPSA) is 42.2 Å². The Morgan fingerprint density at radius 1 is 1.50 bits per heavy atom. The van der Waals surface area contributed by atoms with Crippen molar-refractivity contribution < 1.29 is 9.90 Å². The molecule has 0 fully saturated rings. The summed E-state index contributed by atoms with van der Waals surface area (Å²) in [6, 6.07) is 6.07. The Kier molecular flexibility index (Phi) is 3.24. The number of aryl methyl sites for hydroxylation is 2. The van der Waals surface area contributed by atoms with Crippen LogP contribution in [0.3, 0.4) is 0 Å². The third-order valence-electron chi connectivity index (χ3n) is 3.49. The minimum Gasteiger partial charge on any atom is -0.481 e. The van der Waals surface area contributed by atoms with E-state index in [2.05, 4.69) is 17.2 Å². The number of aliphatic carboxylic acids is 1. The first-order valence-electron chi connectivity index (χ1n) is 5.97. The highest BCUT2D eigenvalue weighted by atomic mass is 16.4. The molecule has 0 aliphatic heterocycles. The van der Waals surface area contributed by atoms with Crippen molar-refractivity contribution in [2.45, 2.75) is 19.8 Å². The van der Waals surface area contributed by atoms with E-state index in [-0.39, 0.29) is 6.42 Å². The van der Waals surface area contributed by atoms with Gasteiger partial charge in [0.15, 0.2) is 0 Å². The van der Waals surface area contributed by atoms with E-state index in [0.717, 1.165) is 27.7 Å². The molecule has 0 unspecified atom stereocenters.